The van der Waals surface area contributed by atoms with Crippen molar-refractivity contribution in [1.29, 1.82) is 0 Å². The molecule has 1 fully saturated rings. The van der Waals surface area contributed by atoms with Crippen LogP contribution in [0.3, 0.4) is 0 Å². The Bertz CT molecular complexity index is 535. The molecule has 1 spiro atoms. The summed E-state index contributed by atoms with van der Waals surface area (Å²) in [7, 11) is 0. The lowest BCUT2D eigenvalue weighted by molar-refractivity contribution is -0.383. The second-order valence-electron chi connectivity index (χ2n) is 5.45. The molecular formula is C13H14F2N2O2. The van der Waals surface area contributed by atoms with Crippen molar-refractivity contribution in [2.45, 2.75) is 37.0 Å². The Hall–Kier alpha value is -1.72. The summed E-state index contributed by atoms with van der Waals surface area (Å²) in [4.78, 5) is 10.6. The van der Waals surface area contributed by atoms with E-state index in [1.165, 1.54) is 6.07 Å². The normalized spacial score (nSPS) is 22.8. The molecule has 1 heterocycles. The van der Waals surface area contributed by atoms with Gasteiger partial charge in [0.25, 0.3) is 5.69 Å². The van der Waals surface area contributed by atoms with Crippen LogP contribution in [0.25, 0.3) is 0 Å². The average Bonchev–Trinajstić information content (AvgIpc) is 2.73. The van der Waals surface area contributed by atoms with Gasteiger partial charge in [0.15, 0.2) is 0 Å². The van der Waals surface area contributed by atoms with E-state index in [4.69, 9.17) is 0 Å². The monoisotopic (exact) mass is 268 g/mol. The molecule has 1 aliphatic carbocycles. The molecule has 0 atom stereocenters. The molecule has 0 saturated heterocycles. The Labute approximate surface area is 109 Å². The number of alkyl halides is 2. The summed E-state index contributed by atoms with van der Waals surface area (Å²) in [6, 6.07) is 4.91. The number of nitrogens with one attached hydrogen (secondary N) is 1. The lowest BCUT2D eigenvalue weighted by Crippen LogP contribution is -2.37. The highest BCUT2D eigenvalue weighted by Gasteiger charge is 2.48. The smallest absolute Gasteiger partial charge is 0.292 e. The van der Waals surface area contributed by atoms with Crippen molar-refractivity contribution in [1.82, 2.24) is 0 Å². The molecule has 0 bridgehead atoms. The minimum Gasteiger partial charge on any atom is -0.378 e. The van der Waals surface area contributed by atoms with Crippen molar-refractivity contribution in [3.8, 4) is 0 Å². The third kappa shape index (κ3) is 1.86. The molecule has 0 radical (unpaired) electrons. The minimum atomic E-state index is -2.59. The molecule has 0 aromatic heterocycles. The van der Waals surface area contributed by atoms with Crippen molar-refractivity contribution >= 4 is 11.4 Å². The van der Waals surface area contributed by atoms with Crippen LogP contribution in [0.15, 0.2) is 18.2 Å². The molecule has 1 N–H and O–H groups in total. The Kier molecular flexibility index (Phi) is 2.52. The molecule has 6 heteroatoms. The van der Waals surface area contributed by atoms with Gasteiger partial charge in [-0.05, 0) is 18.4 Å². The highest BCUT2D eigenvalue weighted by Crippen LogP contribution is 2.52. The molecule has 0 amide bonds. The van der Waals surface area contributed by atoms with E-state index >= 15 is 0 Å². The number of para-hydroxylation sites is 1. The molecule has 1 saturated carbocycles. The number of anilines is 1. The van der Waals surface area contributed by atoms with Gasteiger partial charge in [0.1, 0.15) is 5.69 Å². The molecule has 4 nitrogen and oxygen atoms in total. The Balaban J connectivity index is 1.99. The van der Waals surface area contributed by atoms with Crippen LogP contribution in [0.2, 0.25) is 0 Å². The molecule has 0 unspecified atom stereocenters. The van der Waals surface area contributed by atoms with Gasteiger partial charge in [-0.15, -0.1) is 0 Å². The van der Waals surface area contributed by atoms with Crippen LogP contribution in [0, 0.1) is 10.1 Å². The van der Waals surface area contributed by atoms with Gasteiger partial charge >= 0.3 is 0 Å². The number of nitrogens with zero attached hydrogens (tertiary/aromatic N) is 1. The maximum Gasteiger partial charge on any atom is 0.292 e. The van der Waals surface area contributed by atoms with Crippen molar-refractivity contribution in [2.75, 3.05) is 11.9 Å². The fourth-order valence-corrected chi connectivity index (χ4v) is 3.21. The molecule has 2 aliphatic rings. The number of halogens is 2. The Morgan fingerprint density at radius 3 is 2.53 bits per heavy atom. The molecule has 102 valence electrons. The summed E-state index contributed by atoms with van der Waals surface area (Å²) in [5.41, 5.74) is 1.02. The molecule has 19 heavy (non-hydrogen) atoms. The van der Waals surface area contributed by atoms with E-state index in [-0.39, 0.29) is 23.9 Å². The second-order valence-corrected chi connectivity index (χ2v) is 5.45. The SMILES string of the molecule is O=[N+]([O-])c1cccc2c1NCC21CCC(F)(F)CC1. The summed E-state index contributed by atoms with van der Waals surface area (Å²) in [5.74, 6) is -2.59. The first-order chi connectivity index (χ1) is 8.94. The summed E-state index contributed by atoms with van der Waals surface area (Å²) >= 11 is 0. The number of hydrogen-bond acceptors (Lipinski definition) is 3. The van der Waals surface area contributed by atoms with E-state index < -0.39 is 10.8 Å². The zero-order chi connectivity index (χ0) is 13.7. The predicted octanol–water partition coefficient (Wildman–Crippen LogP) is 3.47. The predicted molar refractivity (Wildman–Crippen MR) is 66.7 cm³/mol. The summed E-state index contributed by atoms with van der Waals surface area (Å²) in [6.45, 7) is 0.517. The standard InChI is InChI=1S/C13H14F2N2O2/c14-13(15)6-4-12(5-7-13)8-16-11-9(12)2-1-3-10(11)17(18)19/h1-3,16H,4-8H2. The zero-order valence-corrected chi connectivity index (χ0v) is 10.3. The first-order valence-electron chi connectivity index (χ1n) is 6.33. The zero-order valence-electron chi connectivity index (χ0n) is 10.3. The Morgan fingerprint density at radius 1 is 1.21 bits per heavy atom. The number of fused-ring (bicyclic) bond motifs is 2. The third-order valence-electron chi connectivity index (χ3n) is 4.35. The number of nitro benzene ring substituents is 1. The van der Waals surface area contributed by atoms with Gasteiger partial charge in [0.05, 0.1) is 4.92 Å². The van der Waals surface area contributed by atoms with Crippen LogP contribution in [0.4, 0.5) is 20.2 Å². The largest absolute Gasteiger partial charge is 0.378 e. The first-order valence-corrected chi connectivity index (χ1v) is 6.33. The van der Waals surface area contributed by atoms with E-state index in [9.17, 15) is 18.9 Å². The molecule has 1 aromatic carbocycles. The van der Waals surface area contributed by atoms with E-state index in [2.05, 4.69) is 5.32 Å². The van der Waals surface area contributed by atoms with Gasteiger partial charge in [-0.1, -0.05) is 12.1 Å². The van der Waals surface area contributed by atoms with E-state index in [1.54, 1.807) is 6.07 Å². The van der Waals surface area contributed by atoms with Gasteiger partial charge in [-0.2, -0.15) is 0 Å². The van der Waals surface area contributed by atoms with Crippen LogP contribution in [-0.2, 0) is 5.41 Å². The fraction of sp³-hybridized carbons (Fsp3) is 0.538. The van der Waals surface area contributed by atoms with Crippen LogP contribution in [-0.4, -0.2) is 17.4 Å². The number of benzene rings is 1. The van der Waals surface area contributed by atoms with E-state index in [0.29, 0.717) is 25.1 Å². The molecule has 3 rings (SSSR count). The average molecular weight is 268 g/mol. The molecule has 1 aromatic rings. The quantitative estimate of drug-likeness (QED) is 0.626. The summed E-state index contributed by atoms with van der Waals surface area (Å²) in [6.07, 6.45) is 0.468. The number of nitro groups is 1. The van der Waals surface area contributed by atoms with Gasteiger partial charge in [-0.3, -0.25) is 10.1 Å². The van der Waals surface area contributed by atoms with Crippen molar-refractivity contribution in [3.63, 3.8) is 0 Å². The van der Waals surface area contributed by atoms with Gasteiger partial charge in [0, 0.05) is 30.9 Å². The van der Waals surface area contributed by atoms with Crippen LogP contribution < -0.4 is 5.32 Å². The summed E-state index contributed by atoms with van der Waals surface area (Å²) in [5, 5.41) is 14.0. The van der Waals surface area contributed by atoms with E-state index in [1.807, 2.05) is 6.07 Å². The van der Waals surface area contributed by atoms with Crippen LogP contribution in [0.1, 0.15) is 31.2 Å². The highest BCUT2D eigenvalue weighted by atomic mass is 19.3. The van der Waals surface area contributed by atoms with Crippen molar-refractivity contribution in [2.24, 2.45) is 0 Å². The van der Waals surface area contributed by atoms with Crippen LogP contribution in [0.5, 0.6) is 0 Å². The first kappa shape index (κ1) is 12.3. The highest BCUT2D eigenvalue weighted by molar-refractivity contribution is 5.72. The van der Waals surface area contributed by atoms with Gasteiger partial charge in [0.2, 0.25) is 5.92 Å². The lowest BCUT2D eigenvalue weighted by Gasteiger charge is -2.37. The van der Waals surface area contributed by atoms with Gasteiger partial charge < -0.3 is 5.32 Å². The maximum atomic E-state index is 13.3. The third-order valence-corrected chi connectivity index (χ3v) is 4.35. The Morgan fingerprint density at radius 2 is 1.89 bits per heavy atom. The number of rotatable bonds is 1. The fourth-order valence-electron chi connectivity index (χ4n) is 3.21. The lowest BCUT2D eigenvalue weighted by atomic mass is 9.69. The second kappa shape index (κ2) is 3.88. The van der Waals surface area contributed by atoms with E-state index in [0.717, 1.165) is 5.56 Å². The van der Waals surface area contributed by atoms with Gasteiger partial charge in [-0.25, -0.2) is 8.78 Å². The van der Waals surface area contributed by atoms with Crippen LogP contribution >= 0.6 is 0 Å². The maximum absolute atomic E-state index is 13.3. The number of hydrogen-bond donors (Lipinski definition) is 1. The minimum absolute atomic E-state index is 0.0340. The molecular weight excluding hydrogens is 254 g/mol. The molecule has 1 aliphatic heterocycles. The topological polar surface area (TPSA) is 55.2 Å². The van der Waals surface area contributed by atoms with Crippen molar-refractivity contribution < 1.29 is 13.7 Å². The summed E-state index contributed by atoms with van der Waals surface area (Å²) < 4.78 is 26.6. The van der Waals surface area contributed by atoms with Crippen molar-refractivity contribution in [3.05, 3.63) is 33.9 Å².